The quantitative estimate of drug-likeness (QED) is 0.578. The molecule has 7 nitrogen and oxygen atoms in total. The Hall–Kier alpha value is -1.90. The minimum atomic E-state index is -3.18. The number of para-hydroxylation sites is 1. The van der Waals surface area contributed by atoms with Crippen molar-refractivity contribution in [3.05, 3.63) is 36.0 Å². The normalized spacial score (nSPS) is 17.4. The first-order valence-electron chi connectivity index (χ1n) is 10.5. The van der Waals surface area contributed by atoms with Crippen LogP contribution in [0.4, 0.5) is 0 Å². The molecule has 0 spiro atoms. The van der Waals surface area contributed by atoms with Gasteiger partial charge in [-0.15, -0.1) is 0 Å². The van der Waals surface area contributed by atoms with E-state index in [9.17, 15) is 13.2 Å². The predicted molar refractivity (Wildman–Crippen MR) is 116 cm³/mol. The fourth-order valence-corrected chi connectivity index (χ4v) is 5.36. The summed E-state index contributed by atoms with van der Waals surface area (Å²) in [5.41, 5.74) is 2.31. The number of nitrogens with zero attached hydrogens (tertiary/aromatic N) is 1. The smallest absolute Gasteiger partial charge is 0.237 e. The van der Waals surface area contributed by atoms with E-state index in [-0.39, 0.29) is 23.7 Å². The molecule has 0 radical (unpaired) electrons. The van der Waals surface area contributed by atoms with Crippen LogP contribution in [0, 0.1) is 0 Å². The summed E-state index contributed by atoms with van der Waals surface area (Å²) >= 11 is 0. The summed E-state index contributed by atoms with van der Waals surface area (Å²) in [6.07, 6.45) is 4.87. The fraction of sp³-hybridized carbons (Fsp3) is 0.571. The third-order valence-corrected chi connectivity index (χ3v) is 7.28. The topological polar surface area (TPSA) is 94.3 Å². The Kier molecular flexibility index (Phi) is 7.32. The summed E-state index contributed by atoms with van der Waals surface area (Å²) in [4.78, 5) is 17.9. The second kappa shape index (κ2) is 9.73. The van der Waals surface area contributed by atoms with Crippen LogP contribution in [0.2, 0.25) is 0 Å². The molecule has 0 bridgehead atoms. The van der Waals surface area contributed by atoms with E-state index in [1.807, 2.05) is 38.2 Å². The van der Waals surface area contributed by atoms with Crippen molar-refractivity contribution in [1.82, 2.24) is 19.9 Å². The van der Waals surface area contributed by atoms with Crippen LogP contribution in [-0.2, 0) is 21.2 Å². The first kappa shape index (κ1) is 21.8. The molecule has 0 saturated carbocycles. The first-order chi connectivity index (χ1) is 13.9. The van der Waals surface area contributed by atoms with E-state index in [2.05, 4.69) is 26.0 Å². The van der Waals surface area contributed by atoms with Gasteiger partial charge < -0.3 is 10.3 Å². The summed E-state index contributed by atoms with van der Waals surface area (Å²) < 4.78 is 26.6. The lowest BCUT2D eigenvalue weighted by Gasteiger charge is -2.35. The molecule has 160 valence electrons. The highest BCUT2D eigenvalue weighted by Crippen LogP contribution is 2.18. The molecule has 0 aliphatic carbocycles. The summed E-state index contributed by atoms with van der Waals surface area (Å²) in [7, 11) is -3.18. The number of sulfonamides is 1. The molecule has 1 aliphatic heterocycles. The SMILES string of the molecule is CCCS(=O)(=O)NC1CCN(C(C)C(=O)NCCc2c[nH]c3ccccc23)CC1. The standard InChI is InChI=1S/C21H32N4O3S/c1-3-14-29(27,28)24-18-9-12-25(13-10-18)16(2)21(26)22-11-8-17-15-23-20-7-5-4-6-19(17)20/h4-7,15-16,18,23-24H,3,8-14H2,1-2H3,(H,22,26). The molecule has 3 N–H and O–H groups in total. The van der Waals surface area contributed by atoms with Crippen LogP contribution in [0.25, 0.3) is 10.9 Å². The van der Waals surface area contributed by atoms with E-state index in [1.165, 1.54) is 10.9 Å². The minimum Gasteiger partial charge on any atom is -0.361 e. The lowest BCUT2D eigenvalue weighted by Crippen LogP contribution is -2.52. The van der Waals surface area contributed by atoms with Crippen LogP contribution in [0.5, 0.6) is 0 Å². The Balaban J connectivity index is 1.42. The number of hydrogen-bond donors (Lipinski definition) is 3. The Bertz CT molecular complexity index is 917. The molecule has 8 heteroatoms. The number of aromatic amines is 1. The van der Waals surface area contributed by atoms with Crippen molar-refractivity contribution < 1.29 is 13.2 Å². The Morgan fingerprint density at radius 3 is 2.72 bits per heavy atom. The summed E-state index contributed by atoms with van der Waals surface area (Å²) in [6.45, 7) is 5.81. The van der Waals surface area contributed by atoms with Gasteiger partial charge in [0.25, 0.3) is 0 Å². The van der Waals surface area contributed by atoms with Gasteiger partial charge in [0, 0.05) is 42.8 Å². The fourth-order valence-electron chi connectivity index (χ4n) is 3.96. The molecular formula is C21H32N4O3S. The van der Waals surface area contributed by atoms with Crippen molar-refractivity contribution in [2.45, 2.75) is 51.6 Å². The molecule has 1 fully saturated rings. The van der Waals surface area contributed by atoms with E-state index in [1.54, 1.807) is 0 Å². The molecular weight excluding hydrogens is 388 g/mol. The van der Waals surface area contributed by atoms with E-state index in [0.29, 0.717) is 13.0 Å². The molecule has 2 heterocycles. The first-order valence-corrected chi connectivity index (χ1v) is 12.1. The average molecular weight is 421 g/mol. The Labute approximate surface area is 173 Å². The molecule has 3 rings (SSSR count). The molecule has 1 aliphatic rings. The van der Waals surface area contributed by atoms with Crippen molar-refractivity contribution in [2.24, 2.45) is 0 Å². The van der Waals surface area contributed by atoms with Gasteiger partial charge in [-0.2, -0.15) is 0 Å². The van der Waals surface area contributed by atoms with Crippen LogP contribution in [0.1, 0.15) is 38.7 Å². The zero-order valence-corrected chi connectivity index (χ0v) is 18.1. The maximum atomic E-state index is 12.6. The highest BCUT2D eigenvalue weighted by Gasteiger charge is 2.28. The number of likely N-dealkylation sites (tertiary alicyclic amines) is 1. The summed E-state index contributed by atoms with van der Waals surface area (Å²) in [6, 6.07) is 7.91. The maximum Gasteiger partial charge on any atom is 0.237 e. The van der Waals surface area contributed by atoms with Crippen LogP contribution in [-0.4, -0.2) is 61.7 Å². The van der Waals surface area contributed by atoms with E-state index >= 15 is 0 Å². The molecule has 1 saturated heterocycles. The molecule has 1 amide bonds. The Morgan fingerprint density at radius 2 is 2.00 bits per heavy atom. The highest BCUT2D eigenvalue weighted by molar-refractivity contribution is 7.89. The highest BCUT2D eigenvalue weighted by atomic mass is 32.2. The number of H-pyrrole nitrogens is 1. The van der Waals surface area contributed by atoms with Gasteiger partial charge in [-0.1, -0.05) is 25.1 Å². The monoisotopic (exact) mass is 420 g/mol. The lowest BCUT2D eigenvalue weighted by molar-refractivity contribution is -0.126. The van der Waals surface area contributed by atoms with Crippen LogP contribution >= 0.6 is 0 Å². The molecule has 29 heavy (non-hydrogen) atoms. The number of aromatic nitrogens is 1. The van der Waals surface area contributed by atoms with Crippen molar-refractivity contribution in [3.8, 4) is 0 Å². The predicted octanol–water partition coefficient (Wildman–Crippen LogP) is 2.01. The van der Waals surface area contributed by atoms with Crippen LogP contribution in [0.15, 0.2) is 30.5 Å². The number of carbonyl (C=O) groups excluding carboxylic acids is 1. The van der Waals surface area contributed by atoms with Gasteiger partial charge in [0.2, 0.25) is 15.9 Å². The number of hydrogen-bond acceptors (Lipinski definition) is 4. The lowest BCUT2D eigenvalue weighted by atomic mass is 10.0. The van der Waals surface area contributed by atoms with Gasteiger partial charge in [-0.25, -0.2) is 13.1 Å². The van der Waals surface area contributed by atoms with Crippen molar-refractivity contribution in [2.75, 3.05) is 25.4 Å². The number of amides is 1. The van der Waals surface area contributed by atoms with Crippen LogP contribution in [0.3, 0.4) is 0 Å². The van der Waals surface area contributed by atoms with E-state index < -0.39 is 10.0 Å². The number of rotatable bonds is 9. The third kappa shape index (κ3) is 5.81. The summed E-state index contributed by atoms with van der Waals surface area (Å²) in [5.74, 6) is 0.192. The number of carbonyl (C=O) groups is 1. The average Bonchev–Trinajstić information content (AvgIpc) is 3.11. The third-order valence-electron chi connectivity index (χ3n) is 5.64. The number of fused-ring (bicyclic) bond motifs is 1. The molecule has 1 unspecified atom stereocenters. The minimum absolute atomic E-state index is 0.0230. The van der Waals surface area contributed by atoms with E-state index in [4.69, 9.17) is 0 Å². The molecule has 1 aromatic heterocycles. The van der Waals surface area contributed by atoms with Gasteiger partial charge >= 0.3 is 0 Å². The second-order valence-corrected chi connectivity index (χ2v) is 9.70. The number of piperidine rings is 1. The number of nitrogens with one attached hydrogen (secondary N) is 3. The largest absolute Gasteiger partial charge is 0.361 e. The Morgan fingerprint density at radius 1 is 1.28 bits per heavy atom. The zero-order valence-electron chi connectivity index (χ0n) is 17.3. The molecule has 1 aromatic carbocycles. The van der Waals surface area contributed by atoms with Gasteiger partial charge in [-0.05, 0) is 44.2 Å². The zero-order chi connectivity index (χ0) is 20.9. The van der Waals surface area contributed by atoms with Crippen molar-refractivity contribution >= 4 is 26.8 Å². The molecule has 2 aromatic rings. The van der Waals surface area contributed by atoms with Gasteiger partial charge in [0.1, 0.15) is 0 Å². The molecule has 1 atom stereocenters. The summed E-state index contributed by atoms with van der Waals surface area (Å²) in [5, 5.41) is 4.24. The van der Waals surface area contributed by atoms with Gasteiger partial charge in [0.05, 0.1) is 11.8 Å². The number of benzene rings is 1. The van der Waals surface area contributed by atoms with Crippen molar-refractivity contribution in [3.63, 3.8) is 0 Å². The van der Waals surface area contributed by atoms with Crippen LogP contribution < -0.4 is 10.0 Å². The second-order valence-electron chi connectivity index (χ2n) is 7.82. The van der Waals surface area contributed by atoms with Gasteiger partial charge in [-0.3, -0.25) is 9.69 Å². The maximum absolute atomic E-state index is 12.6. The van der Waals surface area contributed by atoms with Crippen molar-refractivity contribution in [1.29, 1.82) is 0 Å². The van der Waals surface area contributed by atoms with Gasteiger partial charge in [0.15, 0.2) is 0 Å². The van der Waals surface area contributed by atoms with E-state index in [0.717, 1.165) is 37.9 Å².